The zero-order chi connectivity index (χ0) is 11.7. The number of likely N-dealkylation sites (tertiary alicyclic amines) is 1. The van der Waals surface area contributed by atoms with E-state index in [1.54, 1.807) is 0 Å². The van der Waals surface area contributed by atoms with Crippen molar-refractivity contribution in [1.29, 1.82) is 0 Å². The van der Waals surface area contributed by atoms with Gasteiger partial charge in [0.2, 0.25) is 0 Å². The van der Waals surface area contributed by atoms with Crippen molar-refractivity contribution in [3.8, 4) is 0 Å². The van der Waals surface area contributed by atoms with Gasteiger partial charge in [-0.1, -0.05) is 18.2 Å². The summed E-state index contributed by atoms with van der Waals surface area (Å²) < 4.78 is 0. The van der Waals surface area contributed by atoms with Gasteiger partial charge in [0.05, 0.1) is 0 Å². The van der Waals surface area contributed by atoms with Gasteiger partial charge in [-0.05, 0) is 63.0 Å². The van der Waals surface area contributed by atoms with E-state index in [1.165, 1.54) is 29.7 Å². The lowest BCUT2D eigenvalue weighted by Gasteiger charge is -2.28. The number of hydrogen-bond donors (Lipinski definition) is 1. The topological polar surface area (TPSA) is 29.3 Å². The van der Waals surface area contributed by atoms with Crippen molar-refractivity contribution in [2.45, 2.75) is 26.3 Å². The molecule has 0 bridgehead atoms. The Bertz CT molecular complexity index is 353. The van der Waals surface area contributed by atoms with Crippen LogP contribution in [-0.2, 0) is 0 Å². The third kappa shape index (κ3) is 1.87. The Balaban J connectivity index is 2.42. The minimum atomic E-state index is 0.520. The molecule has 2 nitrogen and oxygen atoms in total. The molecule has 2 heteroatoms. The van der Waals surface area contributed by atoms with Crippen molar-refractivity contribution < 1.29 is 0 Å². The summed E-state index contributed by atoms with van der Waals surface area (Å²) in [6.45, 7) is 6.38. The van der Waals surface area contributed by atoms with E-state index in [1.807, 2.05) is 0 Å². The van der Waals surface area contributed by atoms with Gasteiger partial charge >= 0.3 is 0 Å². The maximum Gasteiger partial charge on any atom is 0.0391 e. The molecule has 1 fully saturated rings. The van der Waals surface area contributed by atoms with E-state index in [4.69, 9.17) is 5.73 Å². The third-order valence-electron chi connectivity index (χ3n) is 3.91. The van der Waals surface area contributed by atoms with Crippen LogP contribution in [0.3, 0.4) is 0 Å². The molecule has 1 aromatic carbocycles. The third-order valence-corrected chi connectivity index (χ3v) is 3.91. The number of nitrogens with two attached hydrogens (primary N) is 1. The van der Waals surface area contributed by atoms with Gasteiger partial charge in [-0.2, -0.15) is 0 Å². The molecular weight excluding hydrogens is 196 g/mol. The predicted molar refractivity (Wildman–Crippen MR) is 68.4 cm³/mol. The van der Waals surface area contributed by atoms with E-state index in [0.717, 1.165) is 6.54 Å². The van der Waals surface area contributed by atoms with Crippen molar-refractivity contribution in [3.63, 3.8) is 0 Å². The fourth-order valence-electron chi connectivity index (χ4n) is 3.02. The minimum absolute atomic E-state index is 0.520. The SMILES string of the molecule is Cc1cccc(C)c1C1C(CN)CCN1C. The highest BCUT2D eigenvalue weighted by Crippen LogP contribution is 2.38. The Morgan fingerprint density at radius 2 is 1.94 bits per heavy atom. The van der Waals surface area contributed by atoms with Crippen LogP contribution in [-0.4, -0.2) is 25.0 Å². The average molecular weight is 218 g/mol. The van der Waals surface area contributed by atoms with Gasteiger partial charge in [0.1, 0.15) is 0 Å². The summed E-state index contributed by atoms with van der Waals surface area (Å²) in [5.74, 6) is 0.616. The summed E-state index contributed by atoms with van der Waals surface area (Å²) in [4.78, 5) is 2.45. The van der Waals surface area contributed by atoms with E-state index >= 15 is 0 Å². The van der Waals surface area contributed by atoms with Crippen LogP contribution in [0.15, 0.2) is 18.2 Å². The molecule has 0 aliphatic carbocycles. The van der Waals surface area contributed by atoms with Crippen LogP contribution in [0.5, 0.6) is 0 Å². The first-order valence-electron chi connectivity index (χ1n) is 6.11. The van der Waals surface area contributed by atoms with Gasteiger partial charge in [0, 0.05) is 6.04 Å². The molecule has 1 aliphatic rings. The van der Waals surface area contributed by atoms with Crippen LogP contribution >= 0.6 is 0 Å². The summed E-state index contributed by atoms with van der Waals surface area (Å²) in [6.07, 6.45) is 1.23. The van der Waals surface area contributed by atoms with Gasteiger partial charge in [-0.15, -0.1) is 0 Å². The van der Waals surface area contributed by atoms with E-state index in [2.05, 4.69) is 44.0 Å². The monoisotopic (exact) mass is 218 g/mol. The lowest BCUT2D eigenvalue weighted by atomic mass is 9.88. The largest absolute Gasteiger partial charge is 0.330 e. The van der Waals surface area contributed by atoms with Crippen molar-refractivity contribution in [1.82, 2.24) is 4.90 Å². The molecule has 1 aliphatic heterocycles. The average Bonchev–Trinajstić information content (AvgIpc) is 2.60. The quantitative estimate of drug-likeness (QED) is 0.825. The van der Waals surface area contributed by atoms with Crippen LogP contribution in [0.1, 0.15) is 29.2 Å². The fraction of sp³-hybridized carbons (Fsp3) is 0.571. The number of hydrogen-bond acceptors (Lipinski definition) is 2. The molecule has 0 amide bonds. The molecule has 2 N–H and O–H groups in total. The van der Waals surface area contributed by atoms with Crippen LogP contribution < -0.4 is 5.73 Å². The summed E-state index contributed by atoms with van der Waals surface area (Å²) in [7, 11) is 2.21. The fourth-order valence-corrected chi connectivity index (χ4v) is 3.02. The van der Waals surface area contributed by atoms with Gasteiger partial charge < -0.3 is 5.73 Å². The van der Waals surface area contributed by atoms with E-state index < -0.39 is 0 Å². The van der Waals surface area contributed by atoms with Crippen molar-refractivity contribution >= 4 is 0 Å². The number of aryl methyl sites for hydroxylation is 2. The minimum Gasteiger partial charge on any atom is -0.330 e. The molecule has 1 heterocycles. The highest BCUT2D eigenvalue weighted by Gasteiger charge is 2.33. The van der Waals surface area contributed by atoms with Crippen LogP contribution in [0.25, 0.3) is 0 Å². The van der Waals surface area contributed by atoms with Crippen LogP contribution in [0, 0.1) is 19.8 Å². The maximum atomic E-state index is 5.90. The zero-order valence-electron chi connectivity index (χ0n) is 10.5. The van der Waals surface area contributed by atoms with Gasteiger partial charge in [-0.25, -0.2) is 0 Å². The first-order chi connectivity index (χ1) is 7.65. The molecule has 0 radical (unpaired) electrons. The highest BCUT2D eigenvalue weighted by molar-refractivity contribution is 5.37. The molecule has 2 rings (SSSR count). The van der Waals surface area contributed by atoms with Crippen molar-refractivity contribution in [3.05, 3.63) is 34.9 Å². The molecule has 0 saturated carbocycles. The van der Waals surface area contributed by atoms with Crippen LogP contribution in [0.2, 0.25) is 0 Å². The Morgan fingerprint density at radius 3 is 2.50 bits per heavy atom. The molecule has 2 unspecified atom stereocenters. The van der Waals surface area contributed by atoms with Gasteiger partial charge in [-0.3, -0.25) is 4.90 Å². The van der Waals surface area contributed by atoms with E-state index in [0.29, 0.717) is 12.0 Å². The maximum absolute atomic E-state index is 5.90. The van der Waals surface area contributed by atoms with E-state index in [-0.39, 0.29) is 0 Å². The van der Waals surface area contributed by atoms with Crippen molar-refractivity contribution in [2.24, 2.45) is 11.7 Å². The number of nitrogens with zero attached hydrogens (tertiary/aromatic N) is 1. The highest BCUT2D eigenvalue weighted by atomic mass is 15.2. The Kier molecular flexibility index (Phi) is 3.31. The summed E-state index contributed by atoms with van der Waals surface area (Å²) >= 11 is 0. The van der Waals surface area contributed by atoms with Gasteiger partial charge in [0.25, 0.3) is 0 Å². The molecule has 1 saturated heterocycles. The summed E-state index contributed by atoms with van der Waals surface area (Å²) in [5.41, 5.74) is 10.2. The smallest absolute Gasteiger partial charge is 0.0391 e. The first-order valence-corrected chi connectivity index (χ1v) is 6.11. The predicted octanol–water partition coefficient (Wildman–Crippen LogP) is 2.25. The second-order valence-electron chi connectivity index (χ2n) is 5.02. The number of rotatable bonds is 2. The van der Waals surface area contributed by atoms with Gasteiger partial charge in [0.15, 0.2) is 0 Å². The standard InChI is InChI=1S/C14H22N2/c1-10-5-4-6-11(2)13(10)14-12(9-15)7-8-16(14)3/h4-6,12,14H,7-9,15H2,1-3H3. The first kappa shape index (κ1) is 11.6. The lowest BCUT2D eigenvalue weighted by molar-refractivity contribution is 0.277. The Labute approximate surface area is 98.4 Å². The molecular formula is C14H22N2. The molecule has 2 atom stereocenters. The molecule has 16 heavy (non-hydrogen) atoms. The molecule has 0 aromatic heterocycles. The second-order valence-corrected chi connectivity index (χ2v) is 5.02. The molecule has 1 aromatic rings. The van der Waals surface area contributed by atoms with E-state index in [9.17, 15) is 0 Å². The molecule has 88 valence electrons. The normalized spacial score (nSPS) is 26.2. The zero-order valence-corrected chi connectivity index (χ0v) is 10.5. The van der Waals surface area contributed by atoms with Crippen molar-refractivity contribution in [2.75, 3.05) is 20.1 Å². The molecule has 0 spiro atoms. The Morgan fingerprint density at radius 1 is 1.31 bits per heavy atom. The number of benzene rings is 1. The lowest BCUT2D eigenvalue weighted by Crippen LogP contribution is -2.26. The van der Waals surface area contributed by atoms with Crippen LogP contribution in [0.4, 0.5) is 0 Å². The Hall–Kier alpha value is -0.860. The second kappa shape index (κ2) is 4.56. The summed E-state index contributed by atoms with van der Waals surface area (Å²) in [6, 6.07) is 7.08. The summed E-state index contributed by atoms with van der Waals surface area (Å²) in [5, 5.41) is 0.